The molecule has 2 heterocycles. The van der Waals surface area contributed by atoms with Gasteiger partial charge in [0.15, 0.2) is 0 Å². The summed E-state index contributed by atoms with van der Waals surface area (Å²) in [5, 5.41) is 13.9. The third kappa shape index (κ3) is 3.82. The van der Waals surface area contributed by atoms with Gasteiger partial charge in [-0.05, 0) is 60.6 Å². The van der Waals surface area contributed by atoms with Crippen LogP contribution in [0.3, 0.4) is 0 Å². The van der Waals surface area contributed by atoms with Crippen LogP contribution in [0.5, 0.6) is 0 Å². The van der Waals surface area contributed by atoms with Gasteiger partial charge in [0, 0.05) is 11.4 Å². The Morgan fingerprint density at radius 1 is 1.11 bits per heavy atom. The molecule has 0 amide bonds. The molecule has 0 saturated carbocycles. The van der Waals surface area contributed by atoms with Gasteiger partial charge in [0.05, 0.1) is 11.3 Å². The molecule has 27 heavy (non-hydrogen) atoms. The van der Waals surface area contributed by atoms with Crippen molar-refractivity contribution in [1.82, 2.24) is 14.8 Å². The zero-order valence-corrected chi connectivity index (χ0v) is 16.6. The van der Waals surface area contributed by atoms with Crippen molar-refractivity contribution >= 4 is 5.97 Å². The molecule has 0 aliphatic rings. The van der Waals surface area contributed by atoms with Gasteiger partial charge in [-0.15, -0.1) is 0 Å². The minimum Gasteiger partial charge on any atom is -0.478 e. The van der Waals surface area contributed by atoms with Crippen LogP contribution in [0, 0.1) is 12.8 Å². The van der Waals surface area contributed by atoms with Crippen LogP contribution >= 0.6 is 0 Å². The zero-order valence-electron chi connectivity index (χ0n) is 16.6. The summed E-state index contributed by atoms with van der Waals surface area (Å²) in [5.74, 6) is 0.922. The van der Waals surface area contributed by atoms with Crippen molar-refractivity contribution < 1.29 is 9.90 Å². The van der Waals surface area contributed by atoms with E-state index in [0.29, 0.717) is 11.8 Å². The minimum atomic E-state index is -0.916. The molecule has 0 saturated heterocycles. The topological polar surface area (TPSA) is 70.9 Å². The smallest absolute Gasteiger partial charge is 0.335 e. The molecule has 0 spiro atoms. The van der Waals surface area contributed by atoms with E-state index in [4.69, 9.17) is 10.2 Å². The number of nitrogens with zero attached hydrogens (tertiary/aromatic N) is 2. The Morgan fingerprint density at radius 3 is 2.33 bits per heavy atom. The number of hydrogen-bond donors (Lipinski definition) is 2. The third-order valence-electron chi connectivity index (χ3n) is 4.77. The predicted octanol–water partition coefficient (Wildman–Crippen LogP) is 5.20. The first-order valence-corrected chi connectivity index (χ1v) is 9.39. The molecule has 0 aliphatic carbocycles. The number of aromatic nitrogens is 3. The van der Waals surface area contributed by atoms with E-state index in [1.807, 2.05) is 28.9 Å². The zero-order chi connectivity index (χ0) is 19.7. The van der Waals surface area contributed by atoms with E-state index in [2.05, 4.69) is 39.6 Å². The number of hydrogen-bond acceptors (Lipinski definition) is 2. The lowest BCUT2D eigenvalue weighted by Gasteiger charge is -2.09. The highest BCUT2D eigenvalue weighted by Crippen LogP contribution is 2.27. The molecule has 5 heteroatoms. The van der Waals surface area contributed by atoms with Crippen molar-refractivity contribution in [1.29, 1.82) is 0 Å². The Kier molecular flexibility index (Phi) is 5.22. The highest BCUT2D eigenvalue weighted by molar-refractivity contribution is 5.88. The number of aromatic amines is 1. The quantitative estimate of drug-likeness (QED) is 0.631. The lowest BCUT2D eigenvalue weighted by atomic mass is 10.0. The van der Waals surface area contributed by atoms with Crippen LogP contribution in [0.15, 0.2) is 36.4 Å². The lowest BCUT2D eigenvalue weighted by Crippen LogP contribution is -2.06. The lowest BCUT2D eigenvalue weighted by molar-refractivity contribution is 0.0697. The van der Waals surface area contributed by atoms with Gasteiger partial charge in [-0.3, -0.25) is 0 Å². The molecule has 142 valence electrons. The fourth-order valence-corrected chi connectivity index (χ4v) is 3.39. The highest BCUT2D eigenvalue weighted by Gasteiger charge is 2.19. The Hall–Kier alpha value is -2.82. The number of rotatable bonds is 6. The van der Waals surface area contributed by atoms with Crippen molar-refractivity contribution in [2.75, 3.05) is 0 Å². The average molecular weight is 365 g/mol. The van der Waals surface area contributed by atoms with Crippen LogP contribution in [0.25, 0.3) is 17.1 Å². The molecule has 5 nitrogen and oxygen atoms in total. The molecular formula is C22H27N3O2. The predicted molar refractivity (Wildman–Crippen MR) is 108 cm³/mol. The first-order chi connectivity index (χ1) is 12.8. The number of carboxylic acid groups (broad SMARTS) is 1. The molecule has 0 fully saturated rings. The van der Waals surface area contributed by atoms with E-state index in [1.165, 1.54) is 11.3 Å². The number of carboxylic acids is 1. The molecule has 3 rings (SSSR count). The average Bonchev–Trinajstić information content (AvgIpc) is 3.20. The van der Waals surface area contributed by atoms with Crippen molar-refractivity contribution in [3.8, 4) is 17.1 Å². The molecular weight excluding hydrogens is 338 g/mol. The third-order valence-corrected chi connectivity index (χ3v) is 4.77. The van der Waals surface area contributed by atoms with E-state index in [1.54, 1.807) is 12.1 Å². The van der Waals surface area contributed by atoms with Crippen LogP contribution in [0.2, 0.25) is 0 Å². The summed E-state index contributed by atoms with van der Waals surface area (Å²) in [6.07, 6.45) is 0.965. The molecule has 0 bridgehead atoms. The maximum atomic E-state index is 11.0. The number of nitrogens with one attached hydrogen (secondary N) is 1. The Bertz CT molecular complexity index is 947. The fraction of sp³-hybridized carbons (Fsp3) is 0.364. The van der Waals surface area contributed by atoms with Crippen molar-refractivity contribution in [3.05, 3.63) is 58.9 Å². The van der Waals surface area contributed by atoms with Gasteiger partial charge in [-0.25, -0.2) is 9.48 Å². The van der Waals surface area contributed by atoms with Gasteiger partial charge in [0.25, 0.3) is 0 Å². The van der Waals surface area contributed by atoms with E-state index >= 15 is 0 Å². The molecule has 1 aromatic carbocycles. The van der Waals surface area contributed by atoms with Gasteiger partial charge in [-0.1, -0.05) is 39.8 Å². The summed E-state index contributed by atoms with van der Waals surface area (Å²) in [6.45, 7) is 10.9. The molecule has 0 unspecified atom stereocenters. The van der Waals surface area contributed by atoms with Crippen LogP contribution in [-0.2, 0) is 6.42 Å². The summed E-state index contributed by atoms with van der Waals surface area (Å²) in [6, 6.07) is 10.9. The first kappa shape index (κ1) is 19.0. The van der Waals surface area contributed by atoms with Crippen molar-refractivity contribution in [2.45, 2.75) is 47.0 Å². The van der Waals surface area contributed by atoms with Gasteiger partial charge >= 0.3 is 5.97 Å². The molecule has 0 atom stereocenters. The van der Waals surface area contributed by atoms with Crippen LogP contribution in [0.4, 0.5) is 0 Å². The molecule has 0 aliphatic heterocycles. The van der Waals surface area contributed by atoms with Gasteiger partial charge in [-0.2, -0.15) is 5.10 Å². The van der Waals surface area contributed by atoms with E-state index < -0.39 is 5.97 Å². The molecule has 2 aromatic heterocycles. The first-order valence-electron chi connectivity index (χ1n) is 9.39. The van der Waals surface area contributed by atoms with Crippen LogP contribution < -0.4 is 0 Å². The second-order valence-electron chi connectivity index (χ2n) is 7.76. The number of aromatic carboxylic acids is 1. The minimum absolute atomic E-state index is 0.286. The summed E-state index contributed by atoms with van der Waals surface area (Å²) in [5.41, 5.74) is 5.81. The largest absolute Gasteiger partial charge is 0.478 e. The summed E-state index contributed by atoms with van der Waals surface area (Å²) >= 11 is 0. The van der Waals surface area contributed by atoms with Crippen molar-refractivity contribution in [3.63, 3.8) is 0 Å². The SMILES string of the molecule is Cc1c(C(C)C)nn(-c2ccc(-c3ccc(C(=O)O)cc3)[nH]2)c1CC(C)C. The van der Waals surface area contributed by atoms with E-state index in [-0.39, 0.29) is 5.56 Å². The number of carbonyl (C=O) groups is 1. The summed E-state index contributed by atoms with van der Waals surface area (Å²) in [7, 11) is 0. The fourth-order valence-electron chi connectivity index (χ4n) is 3.39. The van der Waals surface area contributed by atoms with Crippen LogP contribution in [-0.4, -0.2) is 25.8 Å². The second-order valence-corrected chi connectivity index (χ2v) is 7.76. The summed E-state index contributed by atoms with van der Waals surface area (Å²) < 4.78 is 2.03. The van der Waals surface area contributed by atoms with Gasteiger partial charge in [0.1, 0.15) is 5.82 Å². The maximum Gasteiger partial charge on any atom is 0.335 e. The van der Waals surface area contributed by atoms with E-state index in [9.17, 15) is 4.79 Å². The molecule has 0 radical (unpaired) electrons. The monoisotopic (exact) mass is 365 g/mol. The highest BCUT2D eigenvalue weighted by atomic mass is 16.4. The summed E-state index contributed by atoms with van der Waals surface area (Å²) in [4.78, 5) is 14.5. The standard InChI is InChI=1S/C22H27N3O2/c1-13(2)12-19-15(5)21(14(3)4)24-25(19)20-11-10-18(23-20)16-6-8-17(9-7-16)22(26)27/h6-11,13-14,23H,12H2,1-5H3,(H,26,27). The number of H-pyrrole nitrogens is 1. The van der Waals surface area contributed by atoms with Crippen LogP contribution in [0.1, 0.15) is 60.9 Å². The Balaban J connectivity index is 2.00. The second kappa shape index (κ2) is 7.43. The molecule has 2 N–H and O–H groups in total. The Labute approximate surface area is 160 Å². The number of benzene rings is 1. The molecule has 3 aromatic rings. The Morgan fingerprint density at radius 2 is 1.78 bits per heavy atom. The normalized spacial score (nSPS) is 11.5. The van der Waals surface area contributed by atoms with E-state index in [0.717, 1.165) is 29.2 Å². The maximum absolute atomic E-state index is 11.0. The van der Waals surface area contributed by atoms with Gasteiger partial charge < -0.3 is 10.1 Å². The van der Waals surface area contributed by atoms with Crippen molar-refractivity contribution in [2.24, 2.45) is 5.92 Å². The van der Waals surface area contributed by atoms with Gasteiger partial charge in [0.2, 0.25) is 0 Å².